The smallest absolute Gasteiger partial charge is 0.337 e. The molecule has 3 aromatic carbocycles. The highest BCUT2D eigenvalue weighted by atomic mass is 16.5. The van der Waals surface area contributed by atoms with E-state index in [-0.39, 0.29) is 18.1 Å². The number of likely N-dealkylation sites (N-methyl/N-ethyl adjacent to an activating group) is 1. The van der Waals surface area contributed by atoms with E-state index < -0.39 is 0 Å². The molecular weight excluding hydrogens is 362 g/mol. The molecule has 0 heterocycles. The third-order valence-electron chi connectivity index (χ3n) is 5.40. The number of ether oxygens (including phenoxy) is 2. The standard InChI is InChI=1S/C25H25NO3/c1-3-26(24-10-6-8-18-7-4-5-9-23(18)24)20-13-16-22(17-20)29-21-14-11-19(12-15-21)25(27)28-2/h4-16,20,22H,3,17H2,1-2H3. The number of methoxy groups -OCH3 is 1. The van der Waals surface area contributed by atoms with Crippen LogP contribution in [0, 0.1) is 0 Å². The summed E-state index contributed by atoms with van der Waals surface area (Å²) in [5.41, 5.74) is 1.77. The molecule has 0 amide bonds. The van der Waals surface area contributed by atoms with E-state index in [0.29, 0.717) is 5.56 Å². The van der Waals surface area contributed by atoms with Crippen molar-refractivity contribution in [3.63, 3.8) is 0 Å². The molecule has 0 fully saturated rings. The van der Waals surface area contributed by atoms with Crippen LogP contribution in [0.2, 0.25) is 0 Å². The Balaban J connectivity index is 1.47. The zero-order valence-electron chi connectivity index (χ0n) is 16.7. The largest absolute Gasteiger partial charge is 0.486 e. The number of carbonyl (C=O) groups is 1. The highest BCUT2D eigenvalue weighted by Gasteiger charge is 2.26. The molecule has 4 rings (SSSR count). The fourth-order valence-electron chi connectivity index (χ4n) is 3.97. The summed E-state index contributed by atoms with van der Waals surface area (Å²) < 4.78 is 10.9. The van der Waals surface area contributed by atoms with Crippen molar-refractivity contribution in [2.45, 2.75) is 25.5 Å². The molecule has 148 valence electrons. The Hall–Kier alpha value is -3.27. The molecule has 2 unspecified atom stereocenters. The van der Waals surface area contributed by atoms with Crippen LogP contribution in [0.3, 0.4) is 0 Å². The molecule has 4 nitrogen and oxygen atoms in total. The van der Waals surface area contributed by atoms with Gasteiger partial charge in [0.2, 0.25) is 0 Å². The maximum absolute atomic E-state index is 11.6. The normalized spacial score (nSPS) is 18.0. The lowest BCUT2D eigenvalue weighted by Crippen LogP contribution is -2.34. The van der Waals surface area contributed by atoms with Gasteiger partial charge >= 0.3 is 5.97 Å². The van der Waals surface area contributed by atoms with Crippen LogP contribution in [0.15, 0.2) is 78.9 Å². The first kappa shape index (κ1) is 19.1. The number of carbonyl (C=O) groups excluding carboxylic acids is 1. The Labute approximate surface area is 171 Å². The van der Waals surface area contributed by atoms with Crippen LogP contribution in [0.1, 0.15) is 23.7 Å². The number of hydrogen-bond donors (Lipinski definition) is 0. The maximum Gasteiger partial charge on any atom is 0.337 e. The van der Waals surface area contributed by atoms with Gasteiger partial charge in [-0.1, -0.05) is 42.5 Å². The van der Waals surface area contributed by atoms with Crippen molar-refractivity contribution >= 4 is 22.4 Å². The maximum atomic E-state index is 11.6. The molecule has 0 saturated heterocycles. The third kappa shape index (κ3) is 3.97. The Bertz CT molecular complexity index is 1020. The van der Waals surface area contributed by atoms with Crippen LogP contribution in [0.4, 0.5) is 5.69 Å². The average molecular weight is 387 g/mol. The first-order chi connectivity index (χ1) is 14.2. The molecule has 0 bridgehead atoms. The van der Waals surface area contributed by atoms with Crippen LogP contribution in [-0.2, 0) is 4.74 Å². The summed E-state index contributed by atoms with van der Waals surface area (Å²) >= 11 is 0. The predicted octanol–water partition coefficient (Wildman–Crippen LogP) is 5.23. The average Bonchev–Trinajstić information content (AvgIpc) is 3.22. The first-order valence-electron chi connectivity index (χ1n) is 9.97. The number of anilines is 1. The minimum absolute atomic E-state index is 0.00741. The molecule has 0 aliphatic heterocycles. The molecule has 1 aliphatic carbocycles. The van der Waals surface area contributed by atoms with Crippen molar-refractivity contribution in [2.24, 2.45) is 0 Å². The second kappa shape index (κ2) is 8.39. The van der Waals surface area contributed by atoms with E-state index in [2.05, 4.69) is 66.4 Å². The monoisotopic (exact) mass is 387 g/mol. The summed E-state index contributed by atoms with van der Waals surface area (Å²) in [6.07, 6.45) is 5.26. The predicted molar refractivity (Wildman–Crippen MR) is 117 cm³/mol. The van der Waals surface area contributed by atoms with E-state index in [1.807, 2.05) is 12.1 Å². The van der Waals surface area contributed by atoms with Crippen molar-refractivity contribution in [1.29, 1.82) is 0 Å². The zero-order valence-corrected chi connectivity index (χ0v) is 16.7. The Morgan fingerprint density at radius 2 is 1.76 bits per heavy atom. The number of benzene rings is 3. The molecular formula is C25H25NO3. The Morgan fingerprint density at radius 1 is 1.00 bits per heavy atom. The molecule has 0 saturated carbocycles. The van der Waals surface area contributed by atoms with E-state index in [1.54, 1.807) is 12.1 Å². The minimum Gasteiger partial charge on any atom is -0.486 e. The van der Waals surface area contributed by atoms with Crippen LogP contribution in [-0.4, -0.2) is 31.8 Å². The third-order valence-corrected chi connectivity index (χ3v) is 5.40. The van der Waals surface area contributed by atoms with Crippen molar-refractivity contribution in [3.8, 4) is 5.75 Å². The summed E-state index contributed by atoms with van der Waals surface area (Å²) in [5, 5.41) is 2.52. The van der Waals surface area contributed by atoms with E-state index in [1.165, 1.54) is 23.6 Å². The zero-order chi connectivity index (χ0) is 20.2. The molecule has 0 aromatic heterocycles. The molecule has 4 heteroatoms. The summed E-state index contributed by atoms with van der Waals surface area (Å²) in [6.45, 7) is 3.11. The van der Waals surface area contributed by atoms with Crippen LogP contribution >= 0.6 is 0 Å². The van der Waals surface area contributed by atoms with Gasteiger partial charge in [0.1, 0.15) is 11.9 Å². The van der Waals surface area contributed by atoms with Crippen molar-refractivity contribution in [1.82, 2.24) is 0 Å². The highest BCUT2D eigenvalue weighted by molar-refractivity contribution is 5.94. The molecule has 29 heavy (non-hydrogen) atoms. The molecule has 3 aromatic rings. The van der Waals surface area contributed by atoms with Gasteiger partial charge in [-0.3, -0.25) is 0 Å². The van der Waals surface area contributed by atoms with E-state index in [0.717, 1.165) is 18.7 Å². The number of hydrogen-bond acceptors (Lipinski definition) is 4. The lowest BCUT2D eigenvalue weighted by atomic mass is 10.1. The second-order valence-corrected chi connectivity index (χ2v) is 7.14. The lowest BCUT2D eigenvalue weighted by Gasteiger charge is -2.30. The molecule has 2 atom stereocenters. The molecule has 0 N–H and O–H groups in total. The summed E-state index contributed by atoms with van der Waals surface area (Å²) in [6, 6.07) is 22.3. The topological polar surface area (TPSA) is 38.8 Å². The van der Waals surface area contributed by atoms with Gasteiger partial charge in [-0.05, 0) is 48.7 Å². The SMILES string of the molecule is CCN(c1cccc2ccccc12)C1C=CC(Oc2ccc(C(=O)OC)cc2)C1. The molecule has 0 spiro atoms. The highest BCUT2D eigenvalue weighted by Crippen LogP contribution is 2.31. The van der Waals surface area contributed by atoms with Crippen molar-refractivity contribution < 1.29 is 14.3 Å². The van der Waals surface area contributed by atoms with Gasteiger partial charge in [-0.15, -0.1) is 0 Å². The van der Waals surface area contributed by atoms with Crippen LogP contribution in [0.25, 0.3) is 10.8 Å². The Morgan fingerprint density at radius 3 is 2.52 bits per heavy atom. The number of rotatable bonds is 6. The minimum atomic E-state index is -0.342. The summed E-state index contributed by atoms with van der Waals surface area (Å²) in [7, 11) is 1.38. The molecule has 1 aliphatic rings. The van der Waals surface area contributed by atoms with Crippen LogP contribution in [0.5, 0.6) is 5.75 Å². The fraction of sp³-hybridized carbons (Fsp3) is 0.240. The fourth-order valence-corrected chi connectivity index (χ4v) is 3.97. The van der Waals surface area contributed by atoms with Crippen molar-refractivity contribution in [3.05, 3.63) is 84.4 Å². The van der Waals surface area contributed by atoms with Crippen LogP contribution < -0.4 is 9.64 Å². The lowest BCUT2D eigenvalue weighted by molar-refractivity contribution is 0.0600. The van der Waals surface area contributed by atoms with Crippen molar-refractivity contribution in [2.75, 3.05) is 18.6 Å². The van der Waals surface area contributed by atoms with Gasteiger partial charge in [0, 0.05) is 24.0 Å². The van der Waals surface area contributed by atoms with Gasteiger partial charge in [0.15, 0.2) is 0 Å². The Kier molecular flexibility index (Phi) is 5.52. The summed E-state index contributed by atoms with van der Waals surface area (Å²) in [5.74, 6) is 0.409. The van der Waals surface area contributed by atoms with E-state index in [9.17, 15) is 4.79 Å². The van der Waals surface area contributed by atoms with Gasteiger partial charge in [0.25, 0.3) is 0 Å². The number of nitrogens with zero attached hydrogens (tertiary/aromatic N) is 1. The van der Waals surface area contributed by atoms with E-state index >= 15 is 0 Å². The number of esters is 1. The number of fused-ring (bicyclic) bond motifs is 1. The first-order valence-corrected chi connectivity index (χ1v) is 9.97. The quantitative estimate of drug-likeness (QED) is 0.429. The summed E-state index contributed by atoms with van der Waals surface area (Å²) in [4.78, 5) is 14.0. The van der Waals surface area contributed by atoms with Gasteiger partial charge in [-0.25, -0.2) is 4.79 Å². The van der Waals surface area contributed by atoms with E-state index in [4.69, 9.17) is 9.47 Å². The van der Waals surface area contributed by atoms with Gasteiger partial charge in [-0.2, -0.15) is 0 Å². The van der Waals surface area contributed by atoms with Gasteiger partial charge in [0.05, 0.1) is 18.7 Å². The van der Waals surface area contributed by atoms with Gasteiger partial charge < -0.3 is 14.4 Å². The second-order valence-electron chi connectivity index (χ2n) is 7.14. The molecule has 0 radical (unpaired) electrons.